The van der Waals surface area contributed by atoms with E-state index < -0.39 is 0 Å². The van der Waals surface area contributed by atoms with Crippen LogP contribution in [0.3, 0.4) is 0 Å². The van der Waals surface area contributed by atoms with Crippen LogP contribution in [-0.2, 0) is 10.2 Å². The molecule has 0 spiro atoms. The number of benzene rings is 1. The maximum absolute atomic E-state index is 11.1. The third-order valence-corrected chi connectivity index (χ3v) is 2.33. The van der Waals surface area contributed by atoms with E-state index in [1.54, 1.807) is 7.05 Å². The quantitative estimate of drug-likeness (QED) is 0.849. The van der Waals surface area contributed by atoms with Gasteiger partial charge in [0.25, 0.3) is 5.91 Å². The number of para-hydroxylation sites is 1. The molecule has 1 rings (SSSR count). The van der Waals surface area contributed by atoms with E-state index in [-0.39, 0.29) is 17.9 Å². The van der Waals surface area contributed by atoms with Crippen LogP contribution in [0.1, 0.15) is 26.3 Å². The molecule has 3 nitrogen and oxygen atoms in total. The second kappa shape index (κ2) is 5.01. The Labute approximate surface area is 96.8 Å². The number of amides is 1. The molecule has 16 heavy (non-hydrogen) atoms. The third-order valence-electron chi connectivity index (χ3n) is 2.33. The van der Waals surface area contributed by atoms with Crippen molar-refractivity contribution < 1.29 is 9.53 Å². The van der Waals surface area contributed by atoms with Crippen molar-refractivity contribution in [2.24, 2.45) is 0 Å². The first-order chi connectivity index (χ1) is 7.45. The number of carbonyl (C=O) groups is 1. The average Bonchev–Trinajstić information content (AvgIpc) is 2.25. The van der Waals surface area contributed by atoms with Crippen molar-refractivity contribution in [3.05, 3.63) is 29.8 Å². The van der Waals surface area contributed by atoms with Crippen molar-refractivity contribution in [1.82, 2.24) is 5.32 Å². The standard InChI is InChI=1S/C13H19NO2/c1-13(2,3)10-7-5-6-8-11(10)16-9-12(15)14-4/h5-8H,9H2,1-4H3,(H,14,15). The van der Waals surface area contributed by atoms with Crippen LogP contribution in [0, 0.1) is 0 Å². The van der Waals surface area contributed by atoms with Crippen LogP contribution in [0.4, 0.5) is 0 Å². The molecule has 0 aliphatic carbocycles. The number of rotatable bonds is 3. The molecule has 1 N–H and O–H groups in total. The molecule has 0 aromatic heterocycles. The van der Waals surface area contributed by atoms with E-state index in [2.05, 4.69) is 26.1 Å². The highest BCUT2D eigenvalue weighted by Crippen LogP contribution is 2.30. The van der Waals surface area contributed by atoms with Gasteiger partial charge in [-0.2, -0.15) is 0 Å². The van der Waals surface area contributed by atoms with Crippen LogP contribution >= 0.6 is 0 Å². The molecule has 1 aromatic rings. The lowest BCUT2D eigenvalue weighted by Crippen LogP contribution is -2.25. The van der Waals surface area contributed by atoms with Gasteiger partial charge in [-0.1, -0.05) is 39.0 Å². The topological polar surface area (TPSA) is 38.3 Å². The van der Waals surface area contributed by atoms with Crippen molar-refractivity contribution in [2.45, 2.75) is 26.2 Å². The van der Waals surface area contributed by atoms with E-state index >= 15 is 0 Å². The Kier molecular flexibility index (Phi) is 3.93. The zero-order chi connectivity index (χ0) is 12.2. The van der Waals surface area contributed by atoms with Crippen molar-refractivity contribution in [1.29, 1.82) is 0 Å². The Balaban J connectivity index is 2.84. The minimum Gasteiger partial charge on any atom is -0.483 e. The molecule has 0 atom stereocenters. The number of nitrogens with one attached hydrogen (secondary N) is 1. The maximum Gasteiger partial charge on any atom is 0.257 e. The van der Waals surface area contributed by atoms with E-state index in [0.29, 0.717) is 0 Å². The van der Waals surface area contributed by atoms with Crippen LogP contribution in [0.5, 0.6) is 5.75 Å². The highest BCUT2D eigenvalue weighted by atomic mass is 16.5. The van der Waals surface area contributed by atoms with Crippen LogP contribution in [0.2, 0.25) is 0 Å². The summed E-state index contributed by atoms with van der Waals surface area (Å²) in [5.74, 6) is 0.655. The van der Waals surface area contributed by atoms with Crippen molar-refractivity contribution >= 4 is 5.91 Å². The second-order valence-corrected chi connectivity index (χ2v) is 4.71. The number of hydrogen-bond acceptors (Lipinski definition) is 2. The van der Waals surface area contributed by atoms with Crippen LogP contribution in [0.25, 0.3) is 0 Å². The molecule has 0 saturated heterocycles. The summed E-state index contributed by atoms with van der Waals surface area (Å²) in [7, 11) is 1.60. The van der Waals surface area contributed by atoms with Gasteiger partial charge in [-0.3, -0.25) is 4.79 Å². The third kappa shape index (κ3) is 3.26. The molecule has 0 radical (unpaired) electrons. The van der Waals surface area contributed by atoms with Gasteiger partial charge in [-0.15, -0.1) is 0 Å². The van der Waals surface area contributed by atoms with Gasteiger partial charge in [-0.05, 0) is 17.0 Å². The Morgan fingerprint density at radius 1 is 1.31 bits per heavy atom. The van der Waals surface area contributed by atoms with Gasteiger partial charge in [0.15, 0.2) is 6.61 Å². The molecule has 0 saturated carbocycles. The van der Waals surface area contributed by atoms with Crippen molar-refractivity contribution in [3.63, 3.8) is 0 Å². The highest BCUT2D eigenvalue weighted by Gasteiger charge is 2.18. The summed E-state index contributed by atoms with van der Waals surface area (Å²) in [6.07, 6.45) is 0. The van der Waals surface area contributed by atoms with Gasteiger partial charge in [0, 0.05) is 7.05 Å². The van der Waals surface area contributed by atoms with Gasteiger partial charge in [0.05, 0.1) is 0 Å². The molecule has 1 aromatic carbocycles. The largest absolute Gasteiger partial charge is 0.483 e. The molecule has 3 heteroatoms. The lowest BCUT2D eigenvalue weighted by atomic mass is 9.86. The van der Waals surface area contributed by atoms with Gasteiger partial charge in [0.2, 0.25) is 0 Å². The first kappa shape index (κ1) is 12.6. The normalized spacial score (nSPS) is 11.0. The monoisotopic (exact) mass is 221 g/mol. The maximum atomic E-state index is 11.1. The molecule has 0 fully saturated rings. The number of ether oxygens (including phenoxy) is 1. The lowest BCUT2D eigenvalue weighted by Gasteiger charge is -2.22. The zero-order valence-corrected chi connectivity index (χ0v) is 10.3. The van der Waals surface area contributed by atoms with E-state index in [1.165, 1.54) is 0 Å². The minimum atomic E-state index is -0.122. The summed E-state index contributed by atoms with van der Waals surface area (Å²) in [6.45, 7) is 6.42. The Morgan fingerprint density at radius 2 is 1.94 bits per heavy atom. The van der Waals surface area contributed by atoms with Gasteiger partial charge in [-0.25, -0.2) is 0 Å². The van der Waals surface area contributed by atoms with E-state index in [9.17, 15) is 4.79 Å². The molecular weight excluding hydrogens is 202 g/mol. The van der Waals surface area contributed by atoms with Gasteiger partial charge in [0.1, 0.15) is 5.75 Å². The Bertz CT molecular complexity index is 366. The molecule has 0 bridgehead atoms. The summed E-state index contributed by atoms with van der Waals surface area (Å²) in [5, 5.41) is 2.53. The summed E-state index contributed by atoms with van der Waals surface area (Å²) in [5.41, 5.74) is 1.12. The van der Waals surface area contributed by atoms with Gasteiger partial charge >= 0.3 is 0 Å². The molecule has 88 valence electrons. The zero-order valence-electron chi connectivity index (χ0n) is 10.3. The fourth-order valence-corrected chi connectivity index (χ4v) is 1.43. The minimum absolute atomic E-state index is 0.0132. The summed E-state index contributed by atoms with van der Waals surface area (Å²) < 4.78 is 5.50. The predicted molar refractivity (Wildman–Crippen MR) is 64.7 cm³/mol. The Hall–Kier alpha value is -1.51. The molecule has 0 heterocycles. The van der Waals surface area contributed by atoms with Crippen LogP contribution in [0.15, 0.2) is 24.3 Å². The number of likely N-dealkylation sites (N-methyl/N-ethyl adjacent to an activating group) is 1. The molecule has 0 unspecified atom stereocenters. The Morgan fingerprint density at radius 3 is 2.50 bits per heavy atom. The van der Waals surface area contributed by atoms with Gasteiger partial charge < -0.3 is 10.1 Å². The van der Waals surface area contributed by atoms with E-state index in [4.69, 9.17) is 4.74 Å². The number of hydrogen-bond donors (Lipinski definition) is 1. The van der Waals surface area contributed by atoms with Crippen molar-refractivity contribution in [2.75, 3.05) is 13.7 Å². The predicted octanol–water partition coefficient (Wildman–Crippen LogP) is 2.11. The van der Waals surface area contributed by atoms with Crippen LogP contribution in [-0.4, -0.2) is 19.6 Å². The second-order valence-electron chi connectivity index (χ2n) is 4.71. The van der Waals surface area contributed by atoms with Crippen LogP contribution < -0.4 is 10.1 Å². The van der Waals surface area contributed by atoms with Crippen molar-refractivity contribution in [3.8, 4) is 5.75 Å². The fourth-order valence-electron chi connectivity index (χ4n) is 1.43. The molecule has 0 aliphatic rings. The number of carbonyl (C=O) groups excluding carboxylic acids is 1. The van der Waals surface area contributed by atoms with E-state index in [1.807, 2.05) is 24.3 Å². The summed E-state index contributed by atoms with van der Waals surface area (Å²) >= 11 is 0. The summed E-state index contributed by atoms with van der Waals surface area (Å²) in [6, 6.07) is 7.81. The smallest absolute Gasteiger partial charge is 0.257 e. The first-order valence-electron chi connectivity index (χ1n) is 5.38. The molecule has 0 aliphatic heterocycles. The average molecular weight is 221 g/mol. The molecule has 1 amide bonds. The SMILES string of the molecule is CNC(=O)COc1ccccc1C(C)(C)C. The summed E-state index contributed by atoms with van der Waals surface area (Å²) in [4.78, 5) is 11.1. The molecular formula is C13H19NO2. The first-order valence-corrected chi connectivity index (χ1v) is 5.38. The lowest BCUT2D eigenvalue weighted by molar-refractivity contribution is -0.122. The fraction of sp³-hybridized carbons (Fsp3) is 0.462. The van der Waals surface area contributed by atoms with E-state index in [0.717, 1.165) is 11.3 Å². The highest BCUT2D eigenvalue weighted by molar-refractivity contribution is 5.77.